The molecule has 3 rings (SSSR count). The molecular formula is C16H18N2O4. The Hall–Kier alpha value is -2.21. The summed E-state index contributed by atoms with van der Waals surface area (Å²) in [6.07, 6.45) is 3.06. The molecule has 1 atom stereocenters. The maximum Gasteiger partial charge on any atom is 0.338 e. The van der Waals surface area contributed by atoms with Gasteiger partial charge in [0.15, 0.2) is 5.82 Å². The van der Waals surface area contributed by atoms with E-state index in [0.717, 1.165) is 25.9 Å². The second kappa shape index (κ2) is 6.70. The Kier molecular flexibility index (Phi) is 4.48. The largest absolute Gasteiger partial charge is 0.462 e. The number of aryl methyl sites for hydroxylation is 1. The van der Waals surface area contributed by atoms with Gasteiger partial charge >= 0.3 is 5.97 Å². The fourth-order valence-corrected chi connectivity index (χ4v) is 2.49. The highest BCUT2D eigenvalue weighted by Crippen LogP contribution is 2.23. The molecule has 0 spiro atoms. The third-order valence-corrected chi connectivity index (χ3v) is 3.60. The molecule has 0 saturated carbocycles. The molecule has 116 valence electrons. The summed E-state index contributed by atoms with van der Waals surface area (Å²) in [5.41, 5.74) is 1.02. The Morgan fingerprint density at radius 2 is 2.27 bits per heavy atom. The Morgan fingerprint density at radius 1 is 1.41 bits per heavy atom. The Bertz CT molecular complexity index is 647. The topological polar surface area (TPSA) is 74.5 Å². The fraction of sp³-hybridized carbons (Fsp3) is 0.438. The molecular weight excluding hydrogens is 284 g/mol. The third-order valence-electron chi connectivity index (χ3n) is 3.60. The number of benzene rings is 1. The summed E-state index contributed by atoms with van der Waals surface area (Å²) in [5.74, 6) is 0.463. The van der Waals surface area contributed by atoms with Crippen LogP contribution in [0.25, 0.3) is 11.5 Å². The van der Waals surface area contributed by atoms with Gasteiger partial charge in [-0.05, 0) is 31.9 Å². The van der Waals surface area contributed by atoms with E-state index >= 15 is 0 Å². The lowest BCUT2D eigenvalue weighted by molar-refractivity contribution is 0.0386. The van der Waals surface area contributed by atoms with E-state index in [4.69, 9.17) is 14.0 Å². The van der Waals surface area contributed by atoms with Crippen molar-refractivity contribution in [3.8, 4) is 11.5 Å². The molecule has 2 heterocycles. The molecule has 0 unspecified atom stereocenters. The van der Waals surface area contributed by atoms with Crippen LogP contribution in [0.1, 0.15) is 35.4 Å². The normalized spacial score (nSPS) is 17.6. The van der Waals surface area contributed by atoms with Crippen LogP contribution in [-0.2, 0) is 9.47 Å². The zero-order chi connectivity index (χ0) is 15.4. The van der Waals surface area contributed by atoms with Gasteiger partial charge in [0.05, 0.1) is 23.8 Å². The Balaban J connectivity index is 1.67. The molecule has 1 aromatic carbocycles. The highest BCUT2D eigenvalue weighted by atomic mass is 16.5. The van der Waals surface area contributed by atoms with Crippen LogP contribution in [0.2, 0.25) is 0 Å². The zero-order valence-corrected chi connectivity index (χ0v) is 12.4. The van der Waals surface area contributed by atoms with Crippen molar-refractivity contribution in [3.63, 3.8) is 0 Å². The molecule has 6 heteroatoms. The number of esters is 1. The second-order valence-corrected chi connectivity index (χ2v) is 5.25. The van der Waals surface area contributed by atoms with Crippen LogP contribution in [0, 0.1) is 6.92 Å². The van der Waals surface area contributed by atoms with E-state index in [9.17, 15) is 4.79 Å². The van der Waals surface area contributed by atoms with Gasteiger partial charge in [-0.25, -0.2) is 4.79 Å². The number of carbonyl (C=O) groups is 1. The van der Waals surface area contributed by atoms with Gasteiger partial charge in [0.25, 0.3) is 5.89 Å². The minimum Gasteiger partial charge on any atom is -0.462 e. The van der Waals surface area contributed by atoms with Gasteiger partial charge in [-0.2, -0.15) is 4.98 Å². The van der Waals surface area contributed by atoms with Gasteiger partial charge < -0.3 is 14.0 Å². The summed E-state index contributed by atoms with van der Waals surface area (Å²) < 4.78 is 16.0. The molecule has 2 aromatic rings. The summed E-state index contributed by atoms with van der Waals surface area (Å²) in [7, 11) is 0. The minimum absolute atomic E-state index is 0.210. The summed E-state index contributed by atoms with van der Waals surface area (Å²) >= 11 is 0. The number of rotatable bonds is 5. The van der Waals surface area contributed by atoms with Crippen molar-refractivity contribution < 1.29 is 18.8 Å². The van der Waals surface area contributed by atoms with Crippen molar-refractivity contribution in [3.05, 3.63) is 35.7 Å². The summed E-state index contributed by atoms with van der Waals surface area (Å²) in [4.78, 5) is 16.4. The van der Waals surface area contributed by atoms with Crippen LogP contribution in [0.15, 0.2) is 28.8 Å². The van der Waals surface area contributed by atoms with Crippen LogP contribution in [0.3, 0.4) is 0 Å². The molecule has 6 nitrogen and oxygen atoms in total. The number of ether oxygens (including phenoxy) is 2. The average Bonchev–Trinajstić information content (AvgIpc) is 3.19. The standard InChI is InChI=1S/C16H18N2O4/c1-11-17-15(22-18-11)13-6-2-3-7-14(13)16(19)21-10-8-12-5-4-9-20-12/h2-3,6-7,12H,4-5,8-10H2,1H3/t12-/m0/s1. The van der Waals surface area contributed by atoms with Crippen molar-refractivity contribution in [2.24, 2.45) is 0 Å². The smallest absolute Gasteiger partial charge is 0.338 e. The van der Waals surface area contributed by atoms with E-state index in [2.05, 4.69) is 10.1 Å². The lowest BCUT2D eigenvalue weighted by atomic mass is 10.1. The molecule has 0 amide bonds. The first-order valence-corrected chi connectivity index (χ1v) is 7.42. The maximum absolute atomic E-state index is 12.3. The summed E-state index contributed by atoms with van der Waals surface area (Å²) in [5, 5.41) is 3.75. The zero-order valence-electron chi connectivity index (χ0n) is 12.4. The van der Waals surface area contributed by atoms with E-state index in [-0.39, 0.29) is 12.1 Å². The Morgan fingerprint density at radius 3 is 3.00 bits per heavy atom. The van der Waals surface area contributed by atoms with E-state index < -0.39 is 0 Å². The van der Waals surface area contributed by atoms with E-state index in [1.165, 1.54) is 0 Å². The van der Waals surface area contributed by atoms with Crippen molar-refractivity contribution in [2.75, 3.05) is 13.2 Å². The second-order valence-electron chi connectivity index (χ2n) is 5.25. The van der Waals surface area contributed by atoms with Crippen LogP contribution < -0.4 is 0 Å². The number of carbonyl (C=O) groups excluding carboxylic acids is 1. The molecule has 1 fully saturated rings. The molecule has 0 aliphatic carbocycles. The lowest BCUT2D eigenvalue weighted by Crippen LogP contribution is -2.13. The minimum atomic E-state index is -0.385. The molecule has 0 N–H and O–H groups in total. The predicted molar refractivity (Wildman–Crippen MR) is 78.3 cm³/mol. The van der Waals surface area contributed by atoms with Gasteiger partial charge in [-0.1, -0.05) is 17.3 Å². The van der Waals surface area contributed by atoms with Crippen LogP contribution in [0.5, 0.6) is 0 Å². The average molecular weight is 302 g/mol. The summed E-state index contributed by atoms with van der Waals surface area (Å²) in [6, 6.07) is 7.06. The SMILES string of the molecule is Cc1noc(-c2ccccc2C(=O)OCC[C@@H]2CCCO2)n1. The number of nitrogens with zero attached hydrogens (tertiary/aromatic N) is 2. The first kappa shape index (κ1) is 14.7. The van der Waals surface area contributed by atoms with Crippen molar-refractivity contribution in [2.45, 2.75) is 32.3 Å². The fourth-order valence-electron chi connectivity index (χ4n) is 2.49. The number of hydrogen-bond donors (Lipinski definition) is 0. The predicted octanol–water partition coefficient (Wildman–Crippen LogP) is 2.77. The van der Waals surface area contributed by atoms with Gasteiger partial charge in [0.2, 0.25) is 0 Å². The lowest BCUT2D eigenvalue weighted by Gasteiger charge is -2.10. The van der Waals surface area contributed by atoms with Gasteiger partial charge in [-0.3, -0.25) is 0 Å². The maximum atomic E-state index is 12.3. The summed E-state index contributed by atoms with van der Waals surface area (Å²) in [6.45, 7) is 2.88. The van der Waals surface area contributed by atoms with E-state index in [0.29, 0.717) is 29.4 Å². The first-order chi connectivity index (χ1) is 10.7. The van der Waals surface area contributed by atoms with Crippen molar-refractivity contribution in [1.29, 1.82) is 0 Å². The van der Waals surface area contributed by atoms with Crippen LogP contribution >= 0.6 is 0 Å². The Labute approximate surface area is 128 Å². The molecule has 1 saturated heterocycles. The molecule has 0 radical (unpaired) electrons. The van der Waals surface area contributed by atoms with Crippen molar-refractivity contribution in [1.82, 2.24) is 10.1 Å². The molecule has 1 aromatic heterocycles. The number of hydrogen-bond acceptors (Lipinski definition) is 6. The molecule has 1 aliphatic rings. The van der Waals surface area contributed by atoms with Crippen LogP contribution in [0.4, 0.5) is 0 Å². The monoisotopic (exact) mass is 302 g/mol. The highest BCUT2D eigenvalue weighted by molar-refractivity contribution is 5.96. The van der Waals surface area contributed by atoms with Gasteiger partial charge in [0, 0.05) is 13.0 Å². The molecule has 0 bridgehead atoms. The number of aromatic nitrogens is 2. The van der Waals surface area contributed by atoms with E-state index in [1.54, 1.807) is 25.1 Å². The van der Waals surface area contributed by atoms with Crippen molar-refractivity contribution >= 4 is 5.97 Å². The molecule has 22 heavy (non-hydrogen) atoms. The van der Waals surface area contributed by atoms with Crippen LogP contribution in [-0.4, -0.2) is 35.4 Å². The van der Waals surface area contributed by atoms with E-state index in [1.807, 2.05) is 6.07 Å². The highest BCUT2D eigenvalue weighted by Gasteiger charge is 2.19. The quantitative estimate of drug-likeness (QED) is 0.791. The van der Waals surface area contributed by atoms with Gasteiger partial charge in [-0.15, -0.1) is 0 Å². The van der Waals surface area contributed by atoms with Gasteiger partial charge in [0.1, 0.15) is 0 Å². The third kappa shape index (κ3) is 3.33. The molecule has 1 aliphatic heterocycles. The first-order valence-electron chi connectivity index (χ1n) is 7.42.